The van der Waals surface area contributed by atoms with Crippen molar-refractivity contribution >= 4 is 0 Å². The normalized spacial score (nSPS) is 22.3. The summed E-state index contributed by atoms with van der Waals surface area (Å²) in [4.78, 5) is 0. The fraction of sp³-hybridized carbons (Fsp3) is 0.333. The Morgan fingerprint density at radius 3 is 1.76 bits per heavy atom. The first-order valence-corrected chi connectivity index (χ1v) is 15.3. The molecule has 238 valence electrons. The van der Waals surface area contributed by atoms with E-state index in [0.29, 0.717) is 52.9 Å². The van der Waals surface area contributed by atoms with Crippen molar-refractivity contribution in [1.29, 1.82) is 0 Å². The molecule has 0 saturated heterocycles. The van der Waals surface area contributed by atoms with Crippen LogP contribution in [0.2, 0.25) is 0 Å². The third-order valence-electron chi connectivity index (χ3n) is 9.18. The maximum absolute atomic E-state index is 11.4. The summed E-state index contributed by atoms with van der Waals surface area (Å²) in [5.41, 5.74) is 6.44. The van der Waals surface area contributed by atoms with E-state index in [1.165, 1.54) is 0 Å². The molecule has 10 nitrogen and oxygen atoms in total. The first kappa shape index (κ1) is 28.7. The predicted molar refractivity (Wildman–Crippen MR) is 166 cm³/mol. The van der Waals surface area contributed by atoms with Gasteiger partial charge in [-0.05, 0) is 84.8 Å². The number of methoxy groups -OCH3 is 2. The van der Waals surface area contributed by atoms with E-state index in [-0.39, 0.29) is 37.3 Å². The summed E-state index contributed by atoms with van der Waals surface area (Å²) in [7, 11) is 3.25. The van der Waals surface area contributed by atoms with Crippen LogP contribution in [0.25, 0.3) is 11.1 Å². The van der Waals surface area contributed by atoms with Crippen LogP contribution in [-0.2, 0) is 22.3 Å². The van der Waals surface area contributed by atoms with Gasteiger partial charge >= 0.3 is 0 Å². The number of aromatic hydroxyl groups is 2. The second-order valence-electron chi connectivity index (χ2n) is 12.0. The van der Waals surface area contributed by atoms with E-state index in [1.807, 2.05) is 56.3 Å². The average molecular weight is 627 g/mol. The van der Waals surface area contributed by atoms with Crippen LogP contribution in [0.3, 0.4) is 0 Å². The van der Waals surface area contributed by atoms with Gasteiger partial charge in [0.15, 0.2) is 34.5 Å². The topological polar surface area (TPSA) is 114 Å². The van der Waals surface area contributed by atoms with Gasteiger partial charge in [0.1, 0.15) is 23.7 Å². The maximum Gasteiger partial charge on any atom is 0.231 e. The number of hydrogen-bond donors (Lipinski definition) is 2. The van der Waals surface area contributed by atoms with Crippen molar-refractivity contribution in [2.24, 2.45) is 0 Å². The van der Waals surface area contributed by atoms with E-state index in [4.69, 9.17) is 37.9 Å². The smallest absolute Gasteiger partial charge is 0.231 e. The molecule has 10 heteroatoms. The van der Waals surface area contributed by atoms with E-state index in [1.54, 1.807) is 20.3 Å². The van der Waals surface area contributed by atoms with Gasteiger partial charge in [-0.3, -0.25) is 0 Å². The molecule has 2 N–H and O–H groups in total. The second-order valence-corrected chi connectivity index (χ2v) is 12.0. The number of hydrogen-bond acceptors (Lipinski definition) is 10. The zero-order valence-corrected chi connectivity index (χ0v) is 25.9. The molecule has 4 heterocycles. The molecule has 46 heavy (non-hydrogen) atoms. The lowest BCUT2D eigenvalue weighted by atomic mass is 9.79. The van der Waals surface area contributed by atoms with Crippen molar-refractivity contribution in [3.05, 3.63) is 81.9 Å². The number of rotatable bonds is 5. The minimum Gasteiger partial charge on any atom is -0.504 e. The van der Waals surface area contributed by atoms with Gasteiger partial charge in [-0.15, -0.1) is 0 Å². The number of phenolic OH excluding ortho intramolecular Hbond substituents is 2. The quantitative estimate of drug-likeness (QED) is 0.243. The van der Waals surface area contributed by atoms with Crippen molar-refractivity contribution in [3.8, 4) is 57.1 Å². The minimum absolute atomic E-state index is 0.144. The molecule has 0 fully saturated rings. The maximum atomic E-state index is 11.4. The van der Waals surface area contributed by atoms with Crippen LogP contribution in [0.4, 0.5) is 0 Å². The van der Waals surface area contributed by atoms with Gasteiger partial charge < -0.3 is 48.1 Å². The lowest BCUT2D eigenvalue weighted by Gasteiger charge is -2.36. The second kappa shape index (κ2) is 10.9. The van der Waals surface area contributed by atoms with Crippen LogP contribution in [0, 0.1) is 0 Å². The Kier molecular flexibility index (Phi) is 6.81. The van der Waals surface area contributed by atoms with Crippen LogP contribution in [0.15, 0.2) is 48.5 Å². The Balaban J connectivity index is 1.35. The Morgan fingerprint density at radius 1 is 0.630 bits per heavy atom. The summed E-state index contributed by atoms with van der Waals surface area (Å²) in [5, 5.41) is 22.7. The lowest BCUT2D eigenvalue weighted by molar-refractivity contribution is 0.00511. The molecule has 0 amide bonds. The van der Waals surface area contributed by atoms with Crippen molar-refractivity contribution in [1.82, 2.24) is 0 Å². The Labute approximate surface area is 265 Å². The van der Waals surface area contributed by atoms with Gasteiger partial charge in [0.25, 0.3) is 0 Å². The fourth-order valence-electron chi connectivity index (χ4n) is 7.18. The molecule has 0 saturated carbocycles. The van der Waals surface area contributed by atoms with Crippen molar-refractivity contribution in [2.45, 2.75) is 51.1 Å². The Morgan fingerprint density at radius 2 is 1.17 bits per heavy atom. The SMILES string of the molecule is COc1cc(OC)c2c(c1-c1cc(O)c(O)c3c1C[C@H](C)O[C@H]3c1ccc3c(c1)OCO3)C[C@H](C)O[C@@H]2c1ccc2c(c1)OCO2. The van der Waals surface area contributed by atoms with Crippen molar-refractivity contribution in [2.75, 3.05) is 27.8 Å². The Bertz CT molecular complexity index is 1870. The molecule has 8 rings (SSSR count). The first-order chi connectivity index (χ1) is 22.3. The highest BCUT2D eigenvalue weighted by Crippen LogP contribution is 2.54. The molecule has 0 radical (unpaired) electrons. The van der Waals surface area contributed by atoms with E-state index < -0.39 is 12.2 Å². The minimum atomic E-state index is -0.664. The summed E-state index contributed by atoms with van der Waals surface area (Å²) in [6.07, 6.45) is -0.437. The van der Waals surface area contributed by atoms with Gasteiger partial charge in [0.05, 0.1) is 26.4 Å². The third kappa shape index (κ3) is 4.46. The molecular formula is C36H34O10. The van der Waals surface area contributed by atoms with E-state index in [0.717, 1.165) is 38.9 Å². The fourth-order valence-corrected chi connectivity index (χ4v) is 7.18. The van der Waals surface area contributed by atoms with Crippen LogP contribution in [0.1, 0.15) is 59.4 Å². The predicted octanol–water partition coefficient (Wildman–Crippen LogP) is 6.34. The third-order valence-corrected chi connectivity index (χ3v) is 9.18. The standard InChI is InChI=1S/C36H34O10/c1-17-9-21-22(13-24(37)34(38)33(21)36(46-17)20-6-8-26-28(12-20)44-16-42-26)31-23-10-18(2)45-35(32(23)30(40-4)14-29(31)39-3)19-5-7-25-27(11-19)43-15-41-25/h5-8,11-14,17-18,35-38H,9-10,15-16H2,1-4H3/t17-,18-,35+,36-/m0/s1. The van der Waals surface area contributed by atoms with Crippen LogP contribution >= 0.6 is 0 Å². The van der Waals surface area contributed by atoms with E-state index in [9.17, 15) is 10.2 Å². The molecule has 4 aromatic carbocycles. The van der Waals surface area contributed by atoms with Crippen LogP contribution in [0.5, 0.6) is 46.0 Å². The molecule has 4 aliphatic heterocycles. The summed E-state index contributed by atoms with van der Waals surface area (Å²) in [6, 6.07) is 14.9. The molecule has 0 unspecified atom stereocenters. The Hall–Kier alpha value is -4.80. The van der Waals surface area contributed by atoms with Gasteiger partial charge in [-0.2, -0.15) is 0 Å². The highest BCUT2D eigenvalue weighted by Gasteiger charge is 2.38. The monoisotopic (exact) mass is 626 g/mol. The van der Waals surface area contributed by atoms with Gasteiger partial charge in [-0.1, -0.05) is 12.1 Å². The number of benzene rings is 4. The van der Waals surface area contributed by atoms with Gasteiger partial charge in [0, 0.05) is 22.8 Å². The number of ether oxygens (including phenoxy) is 8. The van der Waals surface area contributed by atoms with Crippen molar-refractivity contribution < 1.29 is 48.1 Å². The summed E-state index contributed by atoms with van der Waals surface area (Å²) in [5.74, 6) is 3.34. The van der Waals surface area contributed by atoms with Crippen LogP contribution < -0.4 is 28.4 Å². The summed E-state index contributed by atoms with van der Waals surface area (Å²) >= 11 is 0. The number of fused-ring (bicyclic) bond motifs is 4. The molecule has 0 bridgehead atoms. The highest BCUT2D eigenvalue weighted by molar-refractivity contribution is 5.84. The molecule has 4 aliphatic rings. The lowest BCUT2D eigenvalue weighted by Crippen LogP contribution is -2.27. The summed E-state index contributed by atoms with van der Waals surface area (Å²) < 4.78 is 47.5. The number of phenols is 2. The van der Waals surface area contributed by atoms with Crippen LogP contribution in [-0.4, -0.2) is 50.2 Å². The molecule has 0 aliphatic carbocycles. The highest BCUT2D eigenvalue weighted by atomic mass is 16.7. The molecular weight excluding hydrogens is 592 g/mol. The van der Waals surface area contributed by atoms with E-state index in [2.05, 4.69) is 0 Å². The molecule has 4 aromatic rings. The largest absolute Gasteiger partial charge is 0.504 e. The zero-order chi connectivity index (χ0) is 31.7. The zero-order valence-electron chi connectivity index (χ0n) is 25.9. The first-order valence-electron chi connectivity index (χ1n) is 15.3. The molecule has 0 spiro atoms. The van der Waals surface area contributed by atoms with Crippen molar-refractivity contribution in [3.63, 3.8) is 0 Å². The summed E-state index contributed by atoms with van der Waals surface area (Å²) in [6.45, 7) is 4.36. The van der Waals surface area contributed by atoms with Gasteiger partial charge in [0.2, 0.25) is 13.6 Å². The average Bonchev–Trinajstić information content (AvgIpc) is 3.74. The van der Waals surface area contributed by atoms with E-state index >= 15 is 0 Å². The van der Waals surface area contributed by atoms with Gasteiger partial charge in [-0.25, -0.2) is 0 Å². The molecule has 4 atom stereocenters. The molecule has 0 aromatic heterocycles.